The smallest absolute Gasteiger partial charge is 0.338 e. The number of non-ortho nitro benzene ring substituents is 1. The maximum Gasteiger partial charge on any atom is 0.338 e. The number of hydrogen-bond acceptors (Lipinski definition) is 8. The van der Waals surface area contributed by atoms with Gasteiger partial charge < -0.3 is 4.74 Å². The molecule has 0 unspecified atom stereocenters. The van der Waals surface area contributed by atoms with E-state index in [2.05, 4.69) is 0 Å². The lowest BCUT2D eigenvalue weighted by atomic mass is 10.1. The van der Waals surface area contributed by atoms with Crippen LogP contribution in [0.2, 0.25) is 0 Å². The predicted molar refractivity (Wildman–Crippen MR) is 113 cm³/mol. The maximum absolute atomic E-state index is 12.9. The number of carbonyl (C=O) groups is 3. The molecular weight excluding hydrogens is 434 g/mol. The van der Waals surface area contributed by atoms with E-state index in [-0.39, 0.29) is 45.9 Å². The molecule has 1 aliphatic rings. The molecule has 11 heteroatoms. The summed E-state index contributed by atoms with van der Waals surface area (Å²) >= 11 is 0. The fraction of sp³-hybridized carbons (Fsp3) is 0.0455. The van der Waals surface area contributed by atoms with E-state index in [9.17, 15) is 34.6 Å². The molecule has 33 heavy (non-hydrogen) atoms. The fourth-order valence-corrected chi connectivity index (χ4v) is 3.39. The zero-order chi connectivity index (χ0) is 23.7. The van der Waals surface area contributed by atoms with Gasteiger partial charge in [0.25, 0.3) is 23.2 Å². The lowest BCUT2D eigenvalue weighted by molar-refractivity contribution is -0.385. The Morgan fingerprint density at radius 1 is 0.848 bits per heavy atom. The summed E-state index contributed by atoms with van der Waals surface area (Å²) in [5.74, 6) is -2.27. The molecule has 4 rings (SSSR count). The molecule has 0 saturated heterocycles. The van der Waals surface area contributed by atoms with Crippen LogP contribution in [-0.2, 0) is 11.3 Å². The first-order valence-corrected chi connectivity index (χ1v) is 9.44. The van der Waals surface area contributed by atoms with Crippen LogP contribution in [0, 0.1) is 20.2 Å². The highest BCUT2D eigenvalue weighted by Gasteiger charge is 2.37. The Labute approximate surface area is 185 Å². The zero-order valence-electron chi connectivity index (χ0n) is 16.7. The van der Waals surface area contributed by atoms with Gasteiger partial charge in [0.15, 0.2) is 0 Å². The molecule has 1 heterocycles. The van der Waals surface area contributed by atoms with Gasteiger partial charge in [-0.2, -0.15) is 0 Å². The normalized spacial score (nSPS) is 12.4. The number of benzene rings is 3. The first-order valence-electron chi connectivity index (χ1n) is 9.44. The number of ether oxygens (including phenoxy) is 1. The minimum atomic E-state index is -0.843. The number of nitro benzene ring substituents is 2. The summed E-state index contributed by atoms with van der Waals surface area (Å²) in [5, 5.41) is 22.1. The van der Waals surface area contributed by atoms with Crippen molar-refractivity contribution in [2.75, 3.05) is 4.90 Å². The largest absolute Gasteiger partial charge is 0.457 e. The Morgan fingerprint density at radius 3 is 2.30 bits per heavy atom. The van der Waals surface area contributed by atoms with Gasteiger partial charge in [-0.25, -0.2) is 9.69 Å². The lowest BCUT2D eigenvalue weighted by Crippen LogP contribution is -2.29. The molecule has 0 radical (unpaired) electrons. The number of imide groups is 1. The van der Waals surface area contributed by atoms with E-state index >= 15 is 0 Å². The third kappa shape index (κ3) is 3.90. The number of nitro groups is 2. The Kier molecular flexibility index (Phi) is 5.36. The van der Waals surface area contributed by atoms with Crippen molar-refractivity contribution in [1.29, 1.82) is 0 Å². The molecule has 0 aromatic heterocycles. The number of carbonyl (C=O) groups excluding carboxylic acids is 3. The number of amides is 2. The van der Waals surface area contributed by atoms with E-state index in [1.807, 2.05) is 0 Å². The van der Waals surface area contributed by atoms with Crippen LogP contribution in [0.3, 0.4) is 0 Å². The lowest BCUT2D eigenvalue weighted by Gasteiger charge is -2.13. The third-order valence-corrected chi connectivity index (χ3v) is 4.97. The summed E-state index contributed by atoms with van der Waals surface area (Å²) in [5.41, 5.74) is -0.338. The van der Waals surface area contributed by atoms with Crippen LogP contribution in [0.4, 0.5) is 17.1 Å². The first-order chi connectivity index (χ1) is 15.8. The Hall–Kier alpha value is -4.93. The second-order valence-electron chi connectivity index (χ2n) is 6.94. The number of hydrogen-bond donors (Lipinski definition) is 0. The summed E-state index contributed by atoms with van der Waals surface area (Å²) < 4.78 is 5.15. The van der Waals surface area contributed by atoms with Crippen molar-refractivity contribution in [3.05, 3.63) is 109 Å². The highest BCUT2D eigenvalue weighted by molar-refractivity contribution is 6.34. The van der Waals surface area contributed by atoms with Crippen LogP contribution in [0.5, 0.6) is 0 Å². The number of anilines is 1. The SMILES string of the molecule is O=C(OCc1ccccc1[N+](=O)[O-])c1ccc2c(c1)C(=O)N(c1cccc([N+](=O)[O-])c1)C2=O. The number of para-hydroxylation sites is 1. The monoisotopic (exact) mass is 447 g/mol. The third-order valence-electron chi connectivity index (χ3n) is 4.97. The second-order valence-corrected chi connectivity index (χ2v) is 6.94. The Morgan fingerprint density at radius 2 is 1.58 bits per heavy atom. The van der Waals surface area contributed by atoms with Crippen LogP contribution in [0.15, 0.2) is 66.7 Å². The number of rotatable bonds is 6. The molecule has 164 valence electrons. The summed E-state index contributed by atoms with van der Waals surface area (Å²) in [4.78, 5) is 59.8. The fourth-order valence-electron chi connectivity index (χ4n) is 3.39. The molecule has 0 N–H and O–H groups in total. The highest BCUT2D eigenvalue weighted by atomic mass is 16.6. The minimum Gasteiger partial charge on any atom is -0.457 e. The van der Waals surface area contributed by atoms with Gasteiger partial charge in [-0.05, 0) is 30.3 Å². The molecule has 1 aliphatic heterocycles. The summed E-state index contributed by atoms with van der Waals surface area (Å²) in [6.07, 6.45) is 0. The molecule has 11 nitrogen and oxygen atoms in total. The summed E-state index contributed by atoms with van der Waals surface area (Å²) in [6.45, 7) is -0.361. The summed E-state index contributed by atoms with van der Waals surface area (Å²) in [7, 11) is 0. The molecule has 0 bridgehead atoms. The van der Waals surface area contributed by atoms with Crippen LogP contribution < -0.4 is 4.90 Å². The summed E-state index contributed by atoms with van der Waals surface area (Å²) in [6, 6.07) is 14.6. The van der Waals surface area contributed by atoms with Gasteiger partial charge in [0.05, 0.1) is 37.8 Å². The van der Waals surface area contributed by atoms with E-state index in [1.54, 1.807) is 6.07 Å². The first kappa shape index (κ1) is 21.3. The van der Waals surface area contributed by atoms with Crippen molar-refractivity contribution < 1.29 is 29.0 Å². The maximum atomic E-state index is 12.9. The van der Waals surface area contributed by atoms with Crippen LogP contribution >= 0.6 is 0 Å². The topological polar surface area (TPSA) is 150 Å². The standard InChI is InChI=1S/C22H13N3O8/c26-20-17-9-8-13(22(28)33-12-14-4-1-2-7-19(14)25(31)32)10-18(17)21(27)23(20)15-5-3-6-16(11-15)24(29)30/h1-11H,12H2. The van der Waals surface area contributed by atoms with E-state index in [0.29, 0.717) is 0 Å². The molecule has 0 spiro atoms. The van der Waals surface area contributed by atoms with Gasteiger partial charge >= 0.3 is 5.97 Å². The zero-order valence-corrected chi connectivity index (χ0v) is 16.7. The molecule has 0 saturated carbocycles. The van der Waals surface area contributed by atoms with Crippen molar-refractivity contribution in [2.24, 2.45) is 0 Å². The van der Waals surface area contributed by atoms with Crippen molar-refractivity contribution in [2.45, 2.75) is 6.61 Å². The van der Waals surface area contributed by atoms with Crippen molar-refractivity contribution in [1.82, 2.24) is 0 Å². The molecule has 3 aromatic rings. The molecular formula is C22H13N3O8. The number of nitrogens with zero attached hydrogens (tertiary/aromatic N) is 3. The number of esters is 1. The average Bonchev–Trinajstić information content (AvgIpc) is 3.07. The van der Waals surface area contributed by atoms with Gasteiger partial charge in [-0.3, -0.25) is 29.8 Å². The van der Waals surface area contributed by atoms with Gasteiger partial charge in [0.1, 0.15) is 6.61 Å². The quantitative estimate of drug-likeness (QED) is 0.240. The van der Waals surface area contributed by atoms with Crippen molar-refractivity contribution >= 4 is 34.8 Å². The van der Waals surface area contributed by atoms with E-state index in [4.69, 9.17) is 4.74 Å². The Bertz CT molecular complexity index is 1350. The van der Waals surface area contributed by atoms with Gasteiger partial charge in [-0.15, -0.1) is 0 Å². The average molecular weight is 447 g/mol. The highest BCUT2D eigenvalue weighted by Crippen LogP contribution is 2.31. The van der Waals surface area contributed by atoms with Gasteiger partial charge in [0, 0.05) is 18.2 Å². The van der Waals surface area contributed by atoms with E-state index < -0.39 is 27.6 Å². The Balaban J connectivity index is 1.57. The molecule has 3 aromatic carbocycles. The van der Waals surface area contributed by atoms with E-state index in [0.717, 1.165) is 11.0 Å². The minimum absolute atomic E-state index is 0.0240. The molecule has 0 fully saturated rings. The molecule has 2 amide bonds. The second kappa shape index (κ2) is 8.30. The van der Waals surface area contributed by atoms with Gasteiger partial charge in [-0.1, -0.05) is 18.2 Å². The molecule has 0 aliphatic carbocycles. The van der Waals surface area contributed by atoms with Crippen molar-refractivity contribution in [3.8, 4) is 0 Å². The van der Waals surface area contributed by atoms with E-state index in [1.165, 1.54) is 54.6 Å². The van der Waals surface area contributed by atoms with Crippen LogP contribution in [0.1, 0.15) is 36.6 Å². The van der Waals surface area contributed by atoms with Gasteiger partial charge in [0.2, 0.25) is 0 Å². The van der Waals surface area contributed by atoms with Crippen molar-refractivity contribution in [3.63, 3.8) is 0 Å². The predicted octanol–water partition coefficient (Wildman–Crippen LogP) is 3.66. The number of fused-ring (bicyclic) bond motifs is 1. The molecule has 0 atom stereocenters. The van der Waals surface area contributed by atoms with Crippen LogP contribution in [0.25, 0.3) is 0 Å². The van der Waals surface area contributed by atoms with Crippen LogP contribution in [-0.4, -0.2) is 27.6 Å².